The van der Waals surface area contributed by atoms with Crippen LogP contribution < -0.4 is 4.90 Å². The summed E-state index contributed by atoms with van der Waals surface area (Å²) in [6, 6.07) is 90.9. The fraction of sp³-hybridized carbons (Fsp3) is 0.0159. The van der Waals surface area contributed by atoms with Gasteiger partial charge in [0.25, 0.3) is 0 Å². The maximum atomic E-state index is 6.94. The van der Waals surface area contributed by atoms with E-state index in [1.54, 1.807) is 0 Å². The number of furan rings is 1. The Labute approximate surface area is 377 Å². The van der Waals surface area contributed by atoms with Crippen molar-refractivity contribution in [3.05, 3.63) is 271 Å². The normalized spacial score (nSPS) is 12.7. The molecule has 0 N–H and O–H groups in total. The number of anilines is 3. The number of hydrogen-bond donors (Lipinski definition) is 0. The van der Waals surface area contributed by atoms with Crippen LogP contribution in [-0.4, -0.2) is 0 Å². The van der Waals surface area contributed by atoms with E-state index in [-0.39, 0.29) is 0 Å². The van der Waals surface area contributed by atoms with Crippen molar-refractivity contribution < 1.29 is 4.42 Å². The molecule has 1 aromatic heterocycles. The van der Waals surface area contributed by atoms with E-state index in [2.05, 4.69) is 254 Å². The Morgan fingerprint density at radius 3 is 1.75 bits per heavy atom. The van der Waals surface area contributed by atoms with Crippen LogP contribution >= 0.6 is 0 Å². The monoisotopic (exact) mass is 827 g/mol. The van der Waals surface area contributed by atoms with Crippen molar-refractivity contribution in [1.82, 2.24) is 0 Å². The van der Waals surface area contributed by atoms with E-state index in [0.29, 0.717) is 0 Å². The third-order valence-electron chi connectivity index (χ3n) is 13.7. The fourth-order valence-electron chi connectivity index (χ4n) is 10.9. The van der Waals surface area contributed by atoms with Crippen molar-refractivity contribution in [2.75, 3.05) is 4.90 Å². The molecule has 1 aliphatic carbocycles. The van der Waals surface area contributed by atoms with Gasteiger partial charge in [-0.1, -0.05) is 206 Å². The van der Waals surface area contributed by atoms with Crippen molar-refractivity contribution >= 4 is 60.5 Å². The Morgan fingerprint density at radius 1 is 0.338 bits per heavy atom. The Bertz CT molecular complexity index is 3730. The Balaban J connectivity index is 1.12. The first-order chi connectivity index (χ1) is 32.2. The zero-order chi connectivity index (χ0) is 42.9. The van der Waals surface area contributed by atoms with Crippen LogP contribution in [0, 0.1) is 0 Å². The van der Waals surface area contributed by atoms with Crippen LogP contribution in [0.5, 0.6) is 0 Å². The molecule has 0 atom stereocenters. The molecular weight excluding hydrogens is 787 g/mol. The predicted molar refractivity (Wildman–Crippen MR) is 272 cm³/mol. The van der Waals surface area contributed by atoms with Gasteiger partial charge in [-0.2, -0.15) is 0 Å². The molecule has 13 rings (SSSR count). The molecule has 0 saturated heterocycles. The van der Waals surface area contributed by atoms with Crippen LogP contribution in [0.15, 0.2) is 253 Å². The molecule has 0 bridgehead atoms. The molecule has 1 heterocycles. The van der Waals surface area contributed by atoms with Gasteiger partial charge in [0.15, 0.2) is 0 Å². The molecule has 2 heteroatoms. The highest BCUT2D eigenvalue weighted by atomic mass is 16.3. The molecule has 1 aliphatic rings. The van der Waals surface area contributed by atoms with Gasteiger partial charge in [-0.15, -0.1) is 0 Å². The van der Waals surface area contributed by atoms with Crippen molar-refractivity contribution in [3.8, 4) is 33.4 Å². The highest BCUT2D eigenvalue weighted by Gasteiger charge is 2.46. The van der Waals surface area contributed by atoms with Gasteiger partial charge in [0.1, 0.15) is 11.2 Å². The minimum atomic E-state index is -0.552. The van der Waals surface area contributed by atoms with Crippen molar-refractivity contribution in [3.63, 3.8) is 0 Å². The smallest absolute Gasteiger partial charge is 0.143 e. The third-order valence-corrected chi connectivity index (χ3v) is 13.7. The van der Waals surface area contributed by atoms with Gasteiger partial charge in [-0.3, -0.25) is 0 Å². The second kappa shape index (κ2) is 14.8. The van der Waals surface area contributed by atoms with Crippen LogP contribution in [0.1, 0.15) is 22.3 Å². The topological polar surface area (TPSA) is 16.4 Å². The molecule has 12 aromatic rings. The van der Waals surface area contributed by atoms with Crippen LogP contribution in [0.4, 0.5) is 17.1 Å². The summed E-state index contributed by atoms with van der Waals surface area (Å²) in [5.41, 5.74) is 16.6. The minimum Gasteiger partial charge on any atom is -0.455 e. The van der Waals surface area contributed by atoms with E-state index in [4.69, 9.17) is 4.42 Å². The van der Waals surface area contributed by atoms with Crippen LogP contribution in [-0.2, 0) is 5.41 Å². The summed E-state index contributed by atoms with van der Waals surface area (Å²) in [6.07, 6.45) is 0. The second-order valence-corrected chi connectivity index (χ2v) is 17.2. The van der Waals surface area contributed by atoms with Gasteiger partial charge < -0.3 is 9.32 Å². The average molecular weight is 828 g/mol. The van der Waals surface area contributed by atoms with Crippen molar-refractivity contribution in [2.45, 2.75) is 5.41 Å². The number of hydrogen-bond acceptors (Lipinski definition) is 2. The molecule has 0 saturated carbocycles. The summed E-state index contributed by atoms with van der Waals surface area (Å²) in [5.74, 6) is 0. The lowest BCUT2D eigenvalue weighted by molar-refractivity contribution is 0.673. The molecule has 0 radical (unpaired) electrons. The molecule has 0 unspecified atom stereocenters. The van der Waals surface area contributed by atoms with Gasteiger partial charge in [0.05, 0.1) is 11.1 Å². The summed E-state index contributed by atoms with van der Waals surface area (Å²) >= 11 is 0. The van der Waals surface area contributed by atoms with Crippen molar-refractivity contribution in [2.24, 2.45) is 0 Å². The minimum absolute atomic E-state index is 0.552. The van der Waals surface area contributed by atoms with Gasteiger partial charge in [0, 0.05) is 32.9 Å². The van der Waals surface area contributed by atoms with Crippen LogP contribution in [0.3, 0.4) is 0 Å². The molecule has 2 nitrogen and oxygen atoms in total. The first-order valence-electron chi connectivity index (χ1n) is 22.4. The first-order valence-corrected chi connectivity index (χ1v) is 22.4. The largest absolute Gasteiger partial charge is 0.455 e. The molecular formula is C63H41NO. The first kappa shape index (κ1) is 37.1. The highest BCUT2D eigenvalue weighted by molar-refractivity contribution is 6.22. The predicted octanol–water partition coefficient (Wildman–Crippen LogP) is 17.1. The SMILES string of the molecule is c1ccc(-c2cccc(N(c3ccc4c(c3)C(c3ccccc3)(c3ccccc3)c3ccccc3-4)c3cc4c(oc5cccc(-c6ccc7ccccc7c6)c54)c4ccccc34)c2)cc1. The van der Waals surface area contributed by atoms with Gasteiger partial charge >= 0.3 is 0 Å². The molecule has 0 spiro atoms. The quantitative estimate of drug-likeness (QED) is 0.159. The summed E-state index contributed by atoms with van der Waals surface area (Å²) < 4.78 is 6.94. The maximum absolute atomic E-state index is 6.94. The Kier molecular flexibility index (Phi) is 8.47. The van der Waals surface area contributed by atoms with Gasteiger partial charge in [-0.05, 0) is 109 Å². The average Bonchev–Trinajstić information content (AvgIpc) is 3.91. The van der Waals surface area contributed by atoms with E-state index in [1.807, 2.05) is 0 Å². The number of nitrogens with zero attached hydrogens (tertiary/aromatic N) is 1. The summed E-state index contributed by atoms with van der Waals surface area (Å²) in [5, 5.41) is 6.81. The molecule has 11 aromatic carbocycles. The molecule has 0 amide bonds. The lowest BCUT2D eigenvalue weighted by Gasteiger charge is -2.35. The second-order valence-electron chi connectivity index (χ2n) is 17.2. The molecule has 304 valence electrons. The Morgan fingerprint density at radius 2 is 0.954 bits per heavy atom. The van der Waals surface area contributed by atoms with E-state index >= 15 is 0 Å². The summed E-state index contributed by atoms with van der Waals surface area (Å²) in [7, 11) is 0. The van der Waals surface area contributed by atoms with E-state index in [1.165, 1.54) is 49.7 Å². The molecule has 0 aliphatic heterocycles. The zero-order valence-corrected chi connectivity index (χ0v) is 35.5. The van der Waals surface area contributed by atoms with Crippen LogP contribution in [0.25, 0.3) is 76.9 Å². The molecule has 0 fully saturated rings. The molecule has 65 heavy (non-hydrogen) atoms. The summed E-state index contributed by atoms with van der Waals surface area (Å²) in [4.78, 5) is 2.48. The lowest BCUT2D eigenvalue weighted by atomic mass is 9.67. The van der Waals surface area contributed by atoms with Gasteiger partial charge in [-0.25, -0.2) is 0 Å². The lowest BCUT2D eigenvalue weighted by Crippen LogP contribution is -2.28. The van der Waals surface area contributed by atoms with E-state index in [0.717, 1.165) is 66.5 Å². The van der Waals surface area contributed by atoms with Crippen LogP contribution in [0.2, 0.25) is 0 Å². The van der Waals surface area contributed by atoms with E-state index < -0.39 is 5.41 Å². The fourth-order valence-corrected chi connectivity index (χ4v) is 10.9. The van der Waals surface area contributed by atoms with E-state index in [9.17, 15) is 0 Å². The highest BCUT2D eigenvalue weighted by Crippen LogP contribution is 2.58. The third kappa shape index (κ3) is 5.74. The maximum Gasteiger partial charge on any atom is 0.143 e. The number of benzene rings is 11. The number of fused-ring (bicyclic) bond motifs is 9. The zero-order valence-electron chi connectivity index (χ0n) is 35.5. The van der Waals surface area contributed by atoms with Gasteiger partial charge in [0.2, 0.25) is 0 Å². The standard InChI is InChI=1S/C63H41NO/c1-4-18-42(19-5-1)45-22-16-27-49(39-45)64(50-36-37-53-52-28-14-15-32-57(52)63(58(53)40-50,47-23-6-2-7-24-47)48-25-8-3-9-26-48)59-41-56-61-51(46-35-34-43-20-10-11-21-44(43)38-46)31-17-33-60(61)65-62(56)55-30-13-12-29-54(55)59/h1-41H. The Hall–Kier alpha value is -8.46. The summed E-state index contributed by atoms with van der Waals surface area (Å²) in [6.45, 7) is 0. The number of rotatable bonds is 7. The van der Waals surface area contributed by atoms with Crippen molar-refractivity contribution in [1.29, 1.82) is 0 Å².